The Morgan fingerprint density at radius 3 is 2.87 bits per heavy atom. The van der Waals surface area contributed by atoms with E-state index in [2.05, 4.69) is 51.7 Å². The first-order valence-corrected chi connectivity index (χ1v) is 10.4. The highest BCUT2D eigenvalue weighted by Gasteiger charge is 2.23. The fourth-order valence-electron chi connectivity index (χ4n) is 3.99. The summed E-state index contributed by atoms with van der Waals surface area (Å²) in [5, 5.41) is 11.2. The average Bonchev–Trinajstić information content (AvgIpc) is 3.45. The number of hydrogen-bond donors (Lipinski definition) is 1. The summed E-state index contributed by atoms with van der Waals surface area (Å²) in [6.07, 6.45) is 1.64. The van der Waals surface area contributed by atoms with Crippen molar-refractivity contribution in [2.45, 2.75) is 31.8 Å². The number of aromatic nitrogens is 2. The zero-order valence-electron chi connectivity index (χ0n) is 17.3. The van der Waals surface area contributed by atoms with Gasteiger partial charge in [0.05, 0.1) is 0 Å². The van der Waals surface area contributed by atoms with E-state index in [-0.39, 0.29) is 12.7 Å². The maximum absolute atomic E-state index is 12.4. The Kier molecular flexibility index (Phi) is 5.30. The molecule has 2 aliphatic rings. The molecule has 0 fully saturated rings. The van der Waals surface area contributed by atoms with Crippen LogP contribution in [0.1, 0.15) is 23.4 Å². The van der Waals surface area contributed by atoms with E-state index in [0.717, 1.165) is 18.5 Å². The topological polar surface area (TPSA) is 89.7 Å². The molecule has 0 bridgehead atoms. The van der Waals surface area contributed by atoms with Crippen molar-refractivity contribution in [3.8, 4) is 23.0 Å². The van der Waals surface area contributed by atoms with Gasteiger partial charge in [0, 0.05) is 37.5 Å². The zero-order valence-corrected chi connectivity index (χ0v) is 17.3. The van der Waals surface area contributed by atoms with Crippen LogP contribution >= 0.6 is 0 Å². The molecule has 1 aromatic heterocycles. The molecule has 31 heavy (non-hydrogen) atoms. The van der Waals surface area contributed by atoms with Crippen LogP contribution in [0.3, 0.4) is 0 Å². The van der Waals surface area contributed by atoms with Gasteiger partial charge in [0.2, 0.25) is 24.5 Å². The summed E-state index contributed by atoms with van der Waals surface area (Å²) < 4.78 is 16.4. The minimum absolute atomic E-state index is 0.0184. The third-order valence-corrected chi connectivity index (χ3v) is 5.80. The number of aryl methyl sites for hydroxylation is 1. The number of rotatable bonds is 6. The van der Waals surface area contributed by atoms with Crippen molar-refractivity contribution < 1.29 is 18.7 Å². The van der Waals surface area contributed by atoms with E-state index >= 15 is 0 Å². The highest BCUT2D eigenvalue weighted by Crippen LogP contribution is 2.35. The smallest absolute Gasteiger partial charge is 0.247 e. The highest BCUT2D eigenvalue weighted by atomic mass is 16.7. The lowest BCUT2D eigenvalue weighted by molar-refractivity contribution is -0.121. The van der Waals surface area contributed by atoms with Crippen molar-refractivity contribution in [3.63, 3.8) is 0 Å². The number of ether oxygens (including phenoxy) is 2. The van der Waals surface area contributed by atoms with E-state index in [1.807, 2.05) is 18.2 Å². The standard InChI is InChI=1S/C23H24N4O4/c1-27-13-17-5-3-2-4-15(17)10-18(27)12-24-21(28)8-9-22-25-26-23(31-22)16-6-7-19-20(11-16)30-14-29-19/h2-7,11,18H,8-10,12-14H2,1H3,(H,24,28)/t18-/m0/s1. The molecule has 0 unspecified atom stereocenters. The van der Waals surface area contributed by atoms with Crippen molar-refractivity contribution in [2.75, 3.05) is 20.4 Å². The number of fused-ring (bicyclic) bond motifs is 2. The second-order valence-electron chi connectivity index (χ2n) is 7.91. The molecule has 5 rings (SSSR count). The Balaban J connectivity index is 1.12. The average molecular weight is 420 g/mol. The molecular weight excluding hydrogens is 396 g/mol. The largest absolute Gasteiger partial charge is 0.454 e. The van der Waals surface area contributed by atoms with Crippen LogP contribution in [0.2, 0.25) is 0 Å². The lowest BCUT2D eigenvalue weighted by Crippen LogP contribution is -2.45. The van der Waals surface area contributed by atoms with Crippen molar-refractivity contribution in [1.82, 2.24) is 20.4 Å². The van der Waals surface area contributed by atoms with Crippen LogP contribution in [0, 0.1) is 0 Å². The van der Waals surface area contributed by atoms with Gasteiger partial charge in [-0.15, -0.1) is 10.2 Å². The van der Waals surface area contributed by atoms with Gasteiger partial charge in [-0.1, -0.05) is 24.3 Å². The number of amides is 1. The Bertz CT molecular complexity index is 1100. The predicted molar refractivity (Wildman–Crippen MR) is 113 cm³/mol. The van der Waals surface area contributed by atoms with Gasteiger partial charge in [-0.3, -0.25) is 9.69 Å². The van der Waals surface area contributed by atoms with Crippen LogP contribution < -0.4 is 14.8 Å². The van der Waals surface area contributed by atoms with Crippen molar-refractivity contribution >= 4 is 5.91 Å². The molecule has 8 heteroatoms. The van der Waals surface area contributed by atoms with Crippen LogP contribution in [0.15, 0.2) is 46.9 Å². The van der Waals surface area contributed by atoms with Crippen LogP contribution in [-0.2, 0) is 24.2 Å². The van der Waals surface area contributed by atoms with Gasteiger partial charge in [-0.2, -0.15) is 0 Å². The second kappa shape index (κ2) is 8.39. The summed E-state index contributed by atoms with van der Waals surface area (Å²) in [7, 11) is 2.10. The van der Waals surface area contributed by atoms with Gasteiger partial charge >= 0.3 is 0 Å². The lowest BCUT2D eigenvalue weighted by atomic mass is 9.94. The third kappa shape index (κ3) is 4.25. The number of benzene rings is 2. The summed E-state index contributed by atoms with van der Waals surface area (Å²) in [5.41, 5.74) is 3.48. The molecule has 160 valence electrons. The third-order valence-electron chi connectivity index (χ3n) is 5.80. The van der Waals surface area contributed by atoms with E-state index in [1.165, 1.54) is 11.1 Å². The molecule has 0 aliphatic carbocycles. The Morgan fingerprint density at radius 2 is 1.97 bits per heavy atom. The maximum atomic E-state index is 12.4. The summed E-state index contributed by atoms with van der Waals surface area (Å²) in [5.74, 6) is 2.18. The fourth-order valence-corrected chi connectivity index (χ4v) is 3.99. The number of hydrogen-bond acceptors (Lipinski definition) is 7. The minimum atomic E-state index is -0.0184. The van der Waals surface area contributed by atoms with E-state index in [9.17, 15) is 4.79 Å². The second-order valence-corrected chi connectivity index (χ2v) is 7.91. The molecule has 0 saturated heterocycles. The van der Waals surface area contributed by atoms with Gasteiger partial charge in [-0.05, 0) is 42.8 Å². The molecule has 1 N–H and O–H groups in total. The molecule has 0 radical (unpaired) electrons. The Morgan fingerprint density at radius 1 is 1.13 bits per heavy atom. The monoisotopic (exact) mass is 420 g/mol. The fraction of sp³-hybridized carbons (Fsp3) is 0.348. The highest BCUT2D eigenvalue weighted by molar-refractivity contribution is 5.76. The van der Waals surface area contributed by atoms with Gasteiger partial charge in [0.25, 0.3) is 0 Å². The Hall–Kier alpha value is -3.39. The van der Waals surface area contributed by atoms with Crippen LogP contribution in [-0.4, -0.2) is 47.4 Å². The first-order valence-electron chi connectivity index (χ1n) is 10.4. The van der Waals surface area contributed by atoms with Gasteiger partial charge in [0.15, 0.2) is 11.5 Å². The van der Waals surface area contributed by atoms with Crippen LogP contribution in [0.4, 0.5) is 0 Å². The summed E-state index contributed by atoms with van der Waals surface area (Å²) in [4.78, 5) is 14.7. The molecule has 8 nitrogen and oxygen atoms in total. The molecular formula is C23H24N4O4. The molecule has 1 amide bonds. The summed E-state index contributed by atoms with van der Waals surface area (Å²) in [6.45, 7) is 1.74. The van der Waals surface area contributed by atoms with E-state index in [4.69, 9.17) is 13.9 Å². The molecule has 0 saturated carbocycles. The van der Waals surface area contributed by atoms with E-state index < -0.39 is 0 Å². The number of nitrogens with one attached hydrogen (secondary N) is 1. The predicted octanol–water partition coefficient (Wildman–Crippen LogP) is 2.57. The Labute approximate surface area is 180 Å². The van der Waals surface area contributed by atoms with Crippen molar-refractivity contribution in [2.24, 2.45) is 0 Å². The normalized spacial score (nSPS) is 17.4. The first-order chi connectivity index (χ1) is 15.2. The maximum Gasteiger partial charge on any atom is 0.247 e. The summed E-state index contributed by atoms with van der Waals surface area (Å²) >= 11 is 0. The van der Waals surface area contributed by atoms with Crippen LogP contribution in [0.25, 0.3) is 11.5 Å². The van der Waals surface area contributed by atoms with E-state index in [0.29, 0.717) is 48.7 Å². The molecule has 3 heterocycles. The van der Waals surface area contributed by atoms with Gasteiger partial charge in [-0.25, -0.2) is 0 Å². The molecule has 2 aromatic carbocycles. The first kappa shape index (κ1) is 19.6. The molecule has 3 aromatic rings. The van der Waals surface area contributed by atoms with Crippen molar-refractivity contribution in [3.05, 3.63) is 59.5 Å². The lowest BCUT2D eigenvalue weighted by Gasteiger charge is -2.34. The number of nitrogens with zero attached hydrogens (tertiary/aromatic N) is 3. The zero-order chi connectivity index (χ0) is 21.2. The van der Waals surface area contributed by atoms with Gasteiger partial charge in [0.1, 0.15) is 0 Å². The molecule has 1 atom stereocenters. The van der Waals surface area contributed by atoms with Crippen LogP contribution in [0.5, 0.6) is 11.5 Å². The minimum Gasteiger partial charge on any atom is -0.454 e. The number of carbonyl (C=O) groups excluding carboxylic acids is 1. The quantitative estimate of drug-likeness (QED) is 0.656. The van der Waals surface area contributed by atoms with Gasteiger partial charge < -0.3 is 19.2 Å². The van der Waals surface area contributed by atoms with Crippen molar-refractivity contribution in [1.29, 1.82) is 0 Å². The SMILES string of the molecule is CN1Cc2ccccc2C[C@H]1CNC(=O)CCc1nnc(-c2ccc3c(c2)OCO3)o1. The molecule has 0 spiro atoms. The van der Waals surface area contributed by atoms with E-state index in [1.54, 1.807) is 0 Å². The number of carbonyl (C=O) groups is 1. The molecule has 2 aliphatic heterocycles. The summed E-state index contributed by atoms with van der Waals surface area (Å²) in [6, 6.07) is 14.2. The number of likely N-dealkylation sites (N-methyl/N-ethyl adjacent to an activating group) is 1.